The molecule has 0 aromatic heterocycles. The van der Waals surface area contributed by atoms with E-state index in [0.29, 0.717) is 12.0 Å². The highest BCUT2D eigenvalue weighted by Gasteiger charge is 2.37. The SMILES string of the molecule is CN1c2cc(Cl)ccc2C2CCNCC21. The zero-order valence-electron chi connectivity index (χ0n) is 8.83. The van der Waals surface area contributed by atoms with Gasteiger partial charge in [-0.05, 0) is 30.7 Å². The quantitative estimate of drug-likeness (QED) is 0.724. The summed E-state index contributed by atoms with van der Waals surface area (Å²) in [5.41, 5.74) is 2.80. The van der Waals surface area contributed by atoms with E-state index in [9.17, 15) is 0 Å². The van der Waals surface area contributed by atoms with Crippen molar-refractivity contribution in [1.29, 1.82) is 0 Å². The van der Waals surface area contributed by atoms with Crippen LogP contribution in [0.3, 0.4) is 0 Å². The molecule has 0 bridgehead atoms. The molecule has 15 heavy (non-hydrogen) atoms. The minimum Gasteiger partial charge on any atom is -0.369 e. The predicted octanol–water partition coefficient (Wildman–Crippen LogP) is 2.24. The second-order valence-corrected chi connectivity index (χ2v) is 4.92. The number of likely N-dealkylation sites (N-methyl/N-ethyl adjacent to an activating group) is 1. The molecule has 0 saturated carbocycles. The summed E-state index contributed by atoms with van der Waals surface area (Å²) in [5.74, 6) is 0.698. The number of nitrogens with zero attached hydrogens (tertiary/aromatic N) is 1. The van der Waals surface area contributed by atoms with Gasteiger partial charge in [0.2, 0.25) is 0 Å². The number of piperidine rings is 1. The van der Waals surface area contributed by atoms with Crippen molar-refractivity contribution >= 4 is 17.3 Å². The Hall–Kier alpha value is -0.730. The number of hydrogen-bond donors (Lipinski definition) is 1. The van der Waals surface area contributed by atoms with Crippen LogP contribution in [0.5, 0.6) is 0 Å². The maximum Gasteiger partial charge on any atom is 0.0481 e. The molecule has 1 fully saturated rings. The Kier molecular flexibility index (Phi) is 2.15. The normalized spacial score (nSPS) is 28.8. The van der Waals surface area contributed by atoms with Crippen LogP contribution in [-0.2, 0) is 0 Å². The first-order chi connectivity index (χ1) is 7.27. The second kappa shape index (κ2) is 3.39. The summed E-state index contributed by atoms with van der Waals surface area (Å²) in [7, 11) is 2.17. The Morgan fingerprint density at radius 2 is 2.33 bits per heavy atom. The number of rotatable bonds is 0. The zero-order valence-corrected chi connectivity index (χ0v) is 9.59. The van der Waals surface area contributed by atoms with Gasteiger partial charge in [-0.3, -0.25) is 0 Å². The Morgan fingerprint density at radius 1 is 1.47 bits per heavy atom. The van der Waals surface area contributed by atoms with Crippen LogP contribution in [-0.4, -0.2) is 26.2 Å². The van der Waals surface area contributed by atoms with Crippen LogP contribution >= 0.6 is 11.6 Å². The standard InChI is InChI=1S/C12H15ClN2/c1-15-11-6-8(13)2-3-9(11)10-4-5-14-7-12(10)15/h2-3,6,10,12,14H,4-5,7H2,1H3. The third-order valence-corrected chi connectivity index (χ3v) is 3.95. The van der Waals surface area contributed by atoms with Crippen LogP contribution in [0.2, 0.25) is 5.02 Å². The molecule has 3 heteroatoms. The smallest absolute Gasteiger partial charge is 0.0481 e. The molecular weight excluding hydrogens is 208 g/mol. The van der Waals surface area contributed by atoms with Gasteiger partial charge in [0.15, 0.2) is 0 Å². The first-order valence-electron chi connectivity index (χ1n) is 5.50. The third-order valence-electron chi connectivity index (χ3n) is 3.72. The molecule has 1 aromatic rings. The van der Waals surface area contributed by atoms with E-state index in [1.807, 2.05) is 6.07 Å². The predicted molar refractivity (Wildman–Crippen MR) is 63.9 cm³/mol. The summed E-state index contributed by atoms with van der Waals surface area (Å²) >= 11 is 6.04. The summed E-state index contributed by atoms with van der Waals surface area (Å²) in [6, 6.07) is 6.92. The van der Waals surface area contributed by atoms with Gasteiger partial charge >= 0.3 is 0 Å². The molecule has 1 aromatic carbocycles. The number of anilines is 1. The second-order valence-electron chi connectivity index (χ2n) is 4.48. The van der Waals surface area contributed by atoms with Crippen molar-refractivity contribution in [1.82, 2.24) is 5.32 Å². The van der Waals surface area contributed by atoms with Gasteiger partial charge < -0.3 is 10.2 Å². The van der Waals surface area contributed by atoms with E-state index in [1.54, 1.807) is 0 Å². The molecule has 2 heterocycles. The largest absolute Gasteiger partial charge is 0.369 e. The summed E-state index contributed by atoms with van der Waals surface area (Å²) < 4.78 is 0. The molecule has 2 atom stereocenters. The number of halogens is 1. The van der Waals surface area contributed by atoms with E-state index in [1.165, 1.54) is 17.7 Å². The van der Waals surface area contributed by atoms with Crippen LogP contribution in [0.4, 0.5) is 5.69 Å². The highest BCUT2D eigenvalue weighted by Crippen LogP contribution is 2.43. The maximum absolute atomic E-state index is 6.04. The third kappa shape index (κ3) is 1.35. The highest BCUT2D eigenvalue weighted by atomic mass is 35.5. The molecule has 2 nitrogen and oxygen atoms in total. The summed E-state index contributed by atoms with van der Waals surface area (Å²) in [4.78, 5) is 2.37. The molecule has 0 radical (unpaired) electrons. The minimum atomic E-state index is 0.618. The number of fused-ring (bicyclic) bond motifs is 3. The molecule has 0 spiro atoms. The highest BCUT2D eigenvalue weighted by molar-refractivity contribution is 6.30. The fourth-order valence-corrected chi connectivity index (χ4v) is 3.09. The summed E-state index contributed by atoms with van der Waals surface area (Å²) in [6.45, 7) is 2.23. The van der Waals surface area contributed by atoms with Crippen LogP contribution in [0.15, 0.2) is 18.2 Å². The van der Waals surface area contributed by atoms with Crippen molar-refractivity contribution in [2.75, 3.05) is 25.0 Å². The fraction of sp³-hybridized carbons (Fsp3) is 0.500. The van der Waals surface area contributed by atoms with E-state index in [-0.39, 0.29) is 0 Å². The van der Waals surface area contributed by atoms with Crippen LogP contribution < -0.4 is 10.2 Å². The molecule has 1 N–H and O–H groups in total. The maximum atomic E-state index is 6.04. The van der Waals surface area contributed by atoms with E-state index < -0.39 is 0 Å². The molecule has 3 rings (SSSR count). The minimum absolute atomic E-state index is 0.618. The average Bonchev–Trinajstić information content (AvgIpc) is 2.54. The lowest BCUT2D eigenvalue weighted by Crippen LogP contribution is -2.44. The molecular formula is C12H15ClN2. The first kappa shape index (κ1) is 9.49. The van der Waals surface area contributed by atoms with Gasteiger partial charge in [-0.15, -0.1) is 0 Å². The Bertz CT molecular complexity index is 391. The van der Waals surface area contributed by atoms with Crippen molar-refractivity contribution in [2.45, 2.75) is 18.4 Å². The van der Waals surface area contributed by atoms with Crippen molar-refractivity contribution in [3.05, 3.63) is 28.8 Å². The topological polar surface area (TPSA) is 15.3 Å². The number of nitrogens with one attached hydrogen (secondary N) is 1. The van der Waals surface area contributed by atoms with E-state index in [4.69, 9.17) is 11.6 Å². The molecule has 80 valence electrons. The van der Waals surface area contributed by atoms with E-state index >= 15 is 0 Å². The first-order valence-corrected chi connectivity index (χ1v) is 5.88. The Labute approximate surface area is 95.2 Å². The van der Waals surface area contributed by atoms with Gasteiger partial charge in [0, 0.05) is 36.3 Å². The van der Waals surface area contributed by atoms with Gasteiger partial charge in [0.1, 0.15) is 0 Å². The monoisotopic (exact) mass is 222 g/mol. The van der Waals surface area contributed by atoms with Crippen molar-refractivity contribution in [3.8, 4) is 0 Å². The lowest BCUT2D eigenvalue weighted by Gasteiger charge is -2.31. The lowest BCUT2D eigenvalue weighted by atomic mass is 9.89. The van der Waals surface area contributed by atoms with Crippen molar-refractivity contribution in [2.24, 2.45) is 0 Å². The molecule has 0 amide bonds. The van der Waals surface area contributed by atoms with Gasteiger partial charge in [0.25, 0.3) is 0 Å². The molecule has 2 unspecified atom stereocenters. The van der Waals surface area contributed by atoms with Crippen LogP contribution in [0, 0.1) is 0 Å². The summed E-state index contributed by atoms with van der Waals surface area (Å²) in [6.07, 6.45) is 1.24. The average molecular weight is 223 g/mol. The Balaban J connectivity index is 2.07. The summed E-state index contributed by atoms with van der Waals surface area (Å²) in [5, 5.41) is 4.30. The molecule has 2 aliphatic rings. The van der Waals surface area contributed by atoms with Crippen molar-refractivity contribution < 1.29 is 0 Å². The van der Waals surface area contributed by atoms with Crippen molar-refractivity contribution in [3.63, 3.8) is 0 Å². The molecule has 1 saturated heterocycles. The number of benzene rings is 1. The molecule has 0 aliphatic carbocycles. The lowest BCUT2D eigenvalue weighted by molar-refractivity contribution is 0.413. The van der Waals surface area contributed by atoms with E-state index in [0.717, 1.165) is 18.1 Å². The van der Waals surface area contributed by atoms with E-state index in [2.05, 4.69) is 29.4 Å². The number of hydrogen-bond acceptors (Lipinski definition) is 2. The zero-order chi connectivity index (χ0) is 10.4. The van der Waals surface area contributed by atoms with Crippen LogP contribution in [0.1, 0.15) is 17.9 Å². The van der Waals surface area contributed by atoms with Gasteiger partial charge in [0.05, 0.1) is 0 Å². The van der Waals surface area contributed by atoms with Crippen LogP contribution in [0.25, 0.3) is 0 Å². The fourth-order valence-electron chi connectivity index (χ4n) is 2.93. The van der Waals surface area contributed by atoms with Gasteiger partial charge in [-0.1, -0.05) is 17.7 Å². The van der Waals surface area contributed by atoms with Gasteiger partial charge in [-0.25, -0.2) is 0 Å². The van der Waals surface area contributed by atoms with Gasteiger partial charge in [-0.2, -0.15) is 0 Å². The Morgan fingerprint density at radius 3 is 3.20 bits per heavy atom. The molecule has 2 aliphatic heterocycles.